The molecule has 1 aromatic rings. The van der Waals surface area contributed by atoms with Crippen molar-refractivity contribution in [1.82, 2.24) is 10.6 Å². The molecule has 5 nitrogen and oxygen atoms in total. The quantitative estimate of drug-likeness (QED) is 0.848. The summed E-state index contributed by atoms with van der Waals surface area (Å²) in [6.45, 7) is 4.49. The fourth-order valence-corrected chi connectivity index (χ4v) is 2.27. The summed E-state index contributed by atoms with van der Waals surface area (Å²) in [4.78, 5) is 11.7. The average molecular weight is 313 g/mol. The van der Waals surface area contributed by atoms with Crippen molar-refractivity contribution in [2.75, 3.05) is 26.3 Å². The van der Waals surface area contributed by atoms with Crippen LogP contribution in [0.15, 0.2) is 24.3 Å². The van der Waals surface area contributed by atoms with Crippen molar-refractivity contribution in [2.24, 2.45) is 5.92 Å². The van der Waals surface area contributed by atoms with Crippen LogP contribution in [0.2, 0.25) is 5.02 Å². The number of urea groups is 1. The molecule has 0 saturated carbocycles. The van der Waals surface area contributed by atoms with Crippen LogP contribution in [0.5, 0.6) is 5.75 Å². The van der Waals surface area contributed by atoms with Gasteiger partial charge in [-0.25, -0.2) is 4.79 Å². The molecule has 1 saturated heterocycles. The van der Waals surface area contributed by atoms with Crippen LogP contribution in [0.4, 0.5) is 4.79 Å². The summed E-state index contributed by atoms with van der Waals surface area (Å²) in [7, 11) is 0. The van der Waals surface area contributed by atoms with Gasteiger partial charge in [-0.3, -0.25) is 0 Å². The number of benzene rings is 1. The molecule has 2 atom stereocenters. The molecule has 0 aliphatic carbocycles. The van der Waals surface area contributed by atoms with Crippen molar-refractivity contribution >= 4 is 17.6 Å². The van der Waals surface area contributed by atoms with Crippen LogP contribution in [0.1, 0.15) is 13.3 Å². The Labute approximate surface area is 130 Å². The van der Waals surface area contributed by atoms with E-state index in [0.29, 0.717) is 29.8 Å². The lowest BCUT2D eigenvalue weighted by molar-refractivity contribution is 0.184. The average Bonchev–Trinajstić information content (AvgIpc) is 2.96. The van der Waals surface area contributed by atoms with Gasteiger partial charge in [0.2, 0.25) is 0 Å². The number of nitrogens with one attached hydrogen (secondary N) is 2. The van der Waals surface area contributed by atoms with E-state index in [1.807, 2.05) is 19.1 Å². The van der Waals surface area contributed by atoms with Gasteiger partial charge in [-0.1, -0.05) is 17.7 Å². The SMILES string of the molecule is C[C@H](CNC(=O)NC[C@H]1CCOC1)Oc1cccc(Cl)c1. The maximum Gasteiger partial charge on any atom is 0.314 e. The Kier molecular flexibility index (Phi) is 6.14. The first-order chi connectivity index (χ1) is 10.1. The summed E-state index contributed by atoms with van der Waals surface area (Å²) in [5.41, 5.74) is 0. The van der Waals surface area contributed by atoms with Gasteiger partial charge in [0.15, 0.2) is 0 Å². The van der Waals surface area contributed by atoms with E-state index in [0.717, 1.165) is 19.6 Å². The molecule has 1 aromatic carbocycles. The molecular formula is C15H21ClN2O3. The number of carbonyl (C=O) groups excluding carboxylic acids is 1. The van der Waals surface area contributed by atoms with Gasteiger partial charge < -0.3 is 20.1 Å². The van der Waals surface area contributed by atoms with Crippen LogP contribution in [-0.4, -0.2) is 38.4 Å². The third-order valence-electron chi connectivity index (χ3n) is 3.26. The standard InChI is InChI=1S/C15H21ClN2O3/c1-11(21-14-4-2-3-13(16)7-14)8-17-15(19)18-9-12-5-6-20-10-12/h2-4,7,11-12H,5-6,8-10H2,1H3,(H2,17,18,19)/t11-,12-/m1/s1. The van der Waals surface area contributed by atoms with Crippen molar-refractivity contribution in [3.8, 4) is 5.75 Å². The number of rotatable bonds is 6. The summed E-state index contributed by atoms with van der Waals surface area (Å²) in [5, 5.41) is 6.27. The van der Waals surface area contributed by atoms with Gasteiger partial charge in [0.25, 0.3) is 0 Å². The van der Waals surface area contributed by atoms with Crippen LogP contribution in [0.25, 0.3) is 0 Å². The molecule has 1 aliphatic rings. The van der Waals surface area contributed by atoms with E-state index in [9.17, 15) is 4.79 Å². The predicted octanol–water partition coefficient (Wildman–Crippen LogP) is 2.44. The van der Waals surface area contributed by atoms with E-state index >= 15 is 0 Å². The lowest BCUT2D eigenvalue weighted by Gasteiger charge is -2.16. The largest absolute Gasteiger partial charge is 0.489 e. The minimum absolute atomic E-state index is 0.135. The summed E-state index contributed by atoms with van der Waals surface area (Å²) in [6.07, 6.45) is 0.873. The zero-order valence-corrected chi connectivity index (χ0v) is 12.9. The zero-order valence-electron chi connectivity index (χ0n) is 12.1. The van der Waals surface area contributed by atoms with Crippen molar-refractivity contribution < 1.29 is 14.3 Å². The van der Waals surface area contributed by atoms with E-state index in [1.54, 1.807) is 12.1 Å². The Morgan fingerprint density at radius 2 is 2.38 bits per heavy atom. The number of carbonyl (C=O) groups is 1. The topological polar surface area (TPSA) is 59.6 Å². The van der Waals surface area contributed by atoms with Crippen LogP contribution in [0, 0.1) is 5.92 Å². The van der Waals surface area contributed by atoms with Crippen molar-refractivity contribution in [3.63, 3.8) is 0 Å². The highest BCUT2D eigenvalue weighted by atomic mass is 35.5. The Morgan fingerprint density at radius 3 is 3.10 bits per heavy atom. The lowest BCUT2D eigenvalue weighted by Crippen LogP contribution is -2.42. The Bertz CT molecular complexity index is 464. The normalized spacial score (nSPS) is 19.0. The minimum Gasteiger partial charge on any atom is -0.489 e. The number of hydrogen-bond donors (Lipinski definition) is 2. The monoisotopic (exact) mass is 312 g/mol. The molecular weight excluding hydrogens is 292 g/mol. The molecule has 0 bridgehead atoms. The number of amides is 2. The lowest BCUT2D eigenvalue weighted by atomic mass is 10.1. The van der Waals surface area contributed by atoms with Gasteiger partial charge in [-0.15, -0.1) is 0 Å². The van der Waals surface area contributed by atoms with E-state index in [2.05, 4.69) is 10.6 Å². The molecule has 1 heterocycles. The molecule has 21 heavy (non-hydrogen) atoms. The summed E-state index contributed by atoms with van der Waals surface area (Å²) < 4.78 is 10.9. The van der Waals surface area contributed by atoms with Crippen molar-refractivity contribution in [1.29, 1.82) is 0 Å². The first-order valence-corrected chi connectivity index (χ1v) is 7.53. The van der Waals surface area contributed by atoms with E-state index in [-0.39, 0.29) is 12.1 Å². The molecule has 2 amide bonds. The smallest absolute Gasteiger partial charge is 0.314 e. The second-order valence-electron chi connectivity index (χ2n) is 5.21. The van der Waals surface area contributed by atoms with Crippen LogP contribution in [0.3, 0.4) is 0 Å². The fraction of sp³-hybridized carbons (Fsp3) is 0.533. The van der Waals surface area contributed by atoms with Gasteiger partial charge in [-0.05, 0) is 31.5 Å². The second-order valence-corrected chi connectivity index (χ2v) is 5.64. The number of ether oxygens (including phenoxy) is 2. The number of hydrogen-bond acceptors (Lipinski definition) is 3. The molecule has 0 aromatic heterocycles. The van der Waals surface area contributed by atoms with E-state index < -0.39 is 0 Å². The molecule has 2 N–H and O–H groups in total. The summed E-state index contributed by atoms with van der Waals surface area (Å²) >= 11 is 5.89. The molecule has 0 spiro atoms. The van der Waals surface area contributed by atoms with Gasteiger partial charge in [-0.2, -0.15) is 0 Å². The zero-order chi connectivity index (χ0) is 15.1. The summed E-state index contributed by atoms with van der Waals surface area (Å²) in [5.74, 6) is 1.12. The third kappa shape index (κ3) is 5.81. The molecule has 6 heteroatoms. The highest BCUT2D eigenvalue weighted by Crippen LogP contribution is 2.18. The van der Waals surface area contributed by atoms with Gasteiger partial charge in [0.1, 0.15) is 11.9 Å². The first kappa shape index (κ1) is 15.9. The Morgan fingerprint density at radius 1 is 1.52 bits per heavy atom. The van der Waals surface area contributed by atoms with Gasteiger partial charge in [0, 0.05) is 24.1 Å². The molecule has 1 fully saturated rings. The van der Waals surface area contributed by atoms with E-state index in [1.165, 1.54) is 0 Å². The Hall–Kier alpha value is -1.46. The Balaban J connectivity index is 1.63. The van der Waals surface area contributed by atoms with Crippen LogP contribution < -0.4 is 15.4 Å². The molecule has 1 aliphatic heterocycles. The second kappa shape index (κ2) is 8.10. The fourth-order valence-electron chi connectivity index (χ4n) is 2.09. The van der Waals surface area contributed by atoms with E-state index in [4.69, 9.17) is 21.1 Å². The molecule has 116 valence electrons. The van der Waals surface area contributed by atoms with Crippen LogP contribution >= 0.6 is 11.6 Å². The molecule has 2 rings (SSSR count). The van der Waals surface area contributed by atoms with Gasteiger partial charge in [0.05, 0.1) is 13.2 Å². The van der Waals surface area contributed by atoms with Gasteiger partial charge >= 0.3 is 6.03 Å². The van der Waals surface area contributed by atoms with Crippen molar-refractivity contribution in [2.45, 2.75) is 19.4 Å². The maximum absolute atomic E-state index is 11.7. The predicted molar refractivity (Wildman–Crippen MR) is 81.9 cm³/mol. The highest BCUT2D eigenvalue weighted by molar-refractivity contribution is 6.30. The maximum atomic E-state index is 11.7. The number of halogens is 1. The first-order valence-electron chi connectivity index (χ1n) is 7.15. The third-order valence-corrected chi connectivity index (χ3v) is 3.49. The van der Waals surface area contributed by atoms with Crippen molar-refractivity contribution in [3.05, 3.63) is 29.3 Å². The molecule has 0 unspecified atom stereocenters. The van der Waals surface area contributed by atoms with Crippen LogP contribution in [-0.2, 0) is 4.74 Å². The minimum atomic E-state index is -0.177. The molecule has 0 radical (unpaired) electrons. The highest BCUT2D eigenvalue weighted by Gasteiger charge is 2.16. The summed E-state index contributed by atoms with van der Waals surface area (Å²) in [6, 6.07) is 7.02.